The second-order valence-electron chi connectivity index (χ2n) is 4.78. The van der Waals surface area contributed by atoms with Crippen molar-refractivity contribution in [2.75, 3.05) is 38.6 Å². The molecule has 1 fully saturated rings. The predicted octanol–water partition coefficient (Wildman–Crippen LogP) is 0.768. The Morgan fingerprint density at radius 1 is 1.43 bits per heavy atom. The van der Waals surface area contributed by atoms with Crippen LogP contribution in [0.15, 0.2) is 0 Å². The molecule has 0 aromatic heterocycles. The number of alkyl halides is 1. The van der Waals surface area contributed by atoms with Crippen molar-refractivity contribution in [1.82, 2.24) is 9.80 Å². The van der Waals surface area contributed by atoms with Gasteiger partial charge in [0.15, 0.2) is 0 Å². The van der Waals surface area contributed by atoms with Gasteiger partial charge in [-0.05, 0) is 20.9 Å². The molecule has 1 heterocycles. The Kier molecular flexibility index (Phi) is 4.37. The van der Waals surface area contributed by atoms with Crippen LogP contribution < -0.4 is 0 Å². The van der Waals surface area contributed by atoms with Gasteiger partial charge in [0.05, 0.1) is 6.10 Å². The zero-order valence-corrected chi connectivity index (χ0v) is 10.9. The lowest BCUT2D eigenvalue weighted by atomic mass is 9.99. The fraction of sp³-hybridized carbons (Fsp3) is 1.00. The molecule has 14 heavy (non-hydrogen) atoms. The molecule has 1 N–H and O–H groups in total. The molecule has 1 aliphatic heterocycles. The van der Waals surface area contributed by atoms with E-state index in [9.17, 15) is 5.11 Å². The van der Waals surface area contributed by atoms with Crippen molar-refractivity contribution in [3.63, 3.8) is 0 Å². The molecule has 0 bridgehead atoms. The van der Waals surface area contributed by atoms with Gasteiger partial charge in [-0.1, -0.05) is 15.9 Å². The standard InChI is InChI=1S/C10H21BrN2O/c1-10(2)8-13(5-4-12(10)3)7-9(14)6-11/h9,14H,4-8H2,1-3H3. The van der Waals surface area contributed by atoms with Gasteiger partial charge in [-0.3, -0.25) is 9.80 Å². The molecule has 0 saturated carbocycles. The average molecular weight is 265 g/mol. The summed E-state index contributed by atoms with van der Waals surface area (Å²) in [6.07, 6.45) is -0.241. The Morgan fingerprint density at radius 3 is 2.57 bits per heavy atom. The van der Waals surface area contributed by atoms with Crippen LogP contribution in [0.2, 0.25) is 0 Å². The SMILES string of the molecule is CN1CCN(CC(O)CBr)CC1(C)C. The highest BCUT2D eigenvalue weighted by Gasteiger charge is 2.31. The van der Waals surface area contributed by atoms with Crippen molar-refractivity contribution < 1.29 is 5.11 Å². The summed E-state index contributed by atoms with van der Waals surface area (Å²) < 4.78 is 0. The van der Waals surface area contributed by atoms with Crippen LogP contribution in [0.25, 0.3) is 0 Å². The van der Waals surface area contributed by atoms with E-state index in [-0.39, 0.29) is 11.6 Å². The third kappa shape index (κ3) is 3.19. The molecule has 0 aromatic carbocycles. The molecular weight excluding hydrogens is 244 g/mol. The molecule has 0 amide bonds. The predicted molar refractivity (Wildman–Crippen MR) is 62.9 cm³/mol. The number of nitrogens with zero attached hydrogens (tertiary/aromatic N) is 2. The summed E-state index contributed by atoms with van der Waals surface area (Å²) >= 11 is 3.29. The lowest BCUT2D eigenvalue weighted by molar-refractivity contribution is 0.0192. The monoisotopic (exact) mass is 264 g/mol. The fourth-order valence-corrected chi connectivity index (χ4v) is 2.05. The van der Waals surface area contributed by atoms with Gasteiger partial charge in [0, 0.05) is 37.0 Å². The zero-order chi connectivity index (χ0) is 10.8. The van der Waals surface area contributed by atoms with Gasteiger partial charge in [-0.15, -0.1) is 0 Å². The highest BCUT2D eigenvalue weighted by atomic mass is 79.9. The first-order valence-corrected chi connectivity index (χ1v) is 6.25. The van der Waals surface area contributed by atoms with E-state index in [1.165, 1.54) is 0 Å². The molecule has 84 valence electrons. The van der Waals surface area contributed by atoms with Crippen molar-refractivity contribution >= 4 is 15.9 Å². The summed E-state index contributed by atoms with van der Waals surface area (Å²) in [5, 5.41) is 10.2. The minimum Gasteiger partial charge on any atom is -0.391 e. The maximum absolute atomic E-state index is 9.54. The molecule has 0 radical (unpaired) electrons. The van der Waals surface area contributed by atoms with Crippen LogP contribution in [-0.4, -0.2) is 65.1 Å². The summed E-state index contributed by atoms with van der Waals surface area (Å²) in [5.74, 6) is 0. The van der Waals surface area contributed by atoms with Crippen LogP contribution in [-0.2, 0) is 0 Å². The summed E-state index contributed by atoms with van der Waals surface area (Å²) in [6, 6.07) is 0. The van der Waals surface area contributed by atoms with E-state index in [4.69, 9.17) is 0 Å². The Bertz CT molecular complexity index is 187. The Morgan fingerprint density at radius 2 is 2.07 bits per heavy atom. The lowest BCUT2D eigenvalue weighted by Gasteiger charge is -2.45. The number of aliphatic hydroxyl groups excluding tert-OH is 1. The molecule has 3 nitrogen and oxygen atoms in total. The first kappa shape index (κ1) is 12.4. The molecule has 0 spiro atoms. The molecule has 0 aliphatic carbocycles. The quantitative estimate of drug-likeness (QED) is 0.763. The van der Waals surface area contributed by atoms with Gasteiger partial charge in [0.2, 0.25) is 0 Å². The van der Waals surface area contributed by atoms with Crippen molar-refractivity contribution in [1.29, 1.82) is 0 Å². The maximum Gasteiger partial charge on any atom is 0.0763 e. The maximum atomic E-state index is 9.54. The topological polar surface area (TPSA) is 26.7 Å². The van der Waals surface area contributed by atoms with Crippen LogP contribution in [0.5, 0.6) is 0 Å². The number of halogens is 1. The normalized spacial score (nSPS) is 26.4. The van der Waals surface area contributed by atoms with Crippen LogP contribution in [0.3, 0.4) is 0 Å². The minimum atomic E-state index is -0.241. The number of likely N-dealkylation sites (N-methyl/N-ethyl adjacent to an activating group) is 1. The van der Waals surface area contributed by atoms with Crippen molar-refractivity contribution in [3.8, 4) is 0 Å². The fourth-order valence-electron chi connectivity index (χ4n) is 1.84. The third-order valence-corrected chi connectivity index (χ3v) is 3.79. The highest BCUT2D eigenvalue weighted by Crippen LogP contribution is 2.18. The van der Waals surface area contributed by atoms with Gasteiger partial charge >= 0.3 is 0 Å². The molecule has 1 unspecified atom stereocenters. The van der Waals surface area contributed by atoms with Crippen LogP contribution >= 0.6 is 15.9 Å². The average Bonchev–Trinajstić information content (AvgIpc) is 2.11. The van der Waals surface area contributed by atoms with Gasteiger partial charge in [0.1, 0.15) is 0 Å². The smallest absolute Gasteiger partial charge is 0.0763 e. The minimum absolute atomic E-state index is 0.226. The first-order chi connectivity index (χ1) is 6.45. The summed E-state index contributed by atoms with van der Waals surface area (Å²) in [7, 11) is 2.16. The first-order valence-electron chi connectivity index (χ1n) is 5.13. The van der Waals surface area contributed by atoms with Crippen LogP contribution in [0.1, 0.15) is 13.8 Å². The second kappa shape index (κ2) is 4.92. The molecular formula is C10H21BrN2O. The van der Waals surface area contributed by atoms with Gasteiger partial charge in [0.25, 0.3) is 0 Å². The van der Waals surface area contributed by atoms with Crippen molar-refractivity contribution in [2.24, 2.45) is 0 Å². The van der Waals surface area contributed by atoms with E-state index in [0.29, 0.717) is 5.33 Å². The third-order valence-electron chi connectivity index (χ3n) is 3.04. The van der Waals surface area contributed by atoms with E-state index >= 15 is 0 Å². The van der Waals surface area contributed by atoms with E-state index < -0.39 is 0 Å². The second-order valence-corrected chi connectivity index (χ2v) is 5.42. The number of piperazine rings is 1. The number of aliphatic hydroxyl groups is 1. The molecule has 1 atom stereocenters. The zero-order valence-electron chi connectivity index (χ0n) is 9.33. The Hall–Kier alpha value is 0.360. The number of β-amino-alcohol motifs (C(OH)–C–C–N with tert-alkyl or cyclic N) is 1. The van der Waals surface area contributed by atoms with Gasteiger partial charge in [-0.25, -0.2) is 0 Å². The largest absolute Gasteiger partial charge is 0.391 e. The Labute approximate surface area is 95.2 Å². The summed E-state index contributed by atoms with van der Waals surface area (Å²) in [5.41, 5.74) is 0.226. The molecule has 1 rings (SSSR count). The Balaban J connectivity index is 2.43. The van der Waals surface area contributed by atoms with Crippen molar-refractivity contribution in [3.05, 3.63) is 0 Å². The van der Waals surface area contributed by atoms with E-state index in [1.54, 1.807) is 0 Å². The van der Waals surface area contributed by atoms with Crippen LogP contribution in [0, 0.1) is 0 Å². The van der Waals surface area contributed by atoms with E-state index in [1.807, 2.05) is 0 Å². The molecule has 4 heteroatoms. The highest BCUT2D eigenvalue weighted by molar-refractivity contribution is 9.09. The van der Waals surface area contributed by atoms with E-state index in [2.05, 4.69) is 46.6 Å². The number of hydrogen-bond donors (Lipinski definition) is 1. The number of rotatable bonds is 3. The summed E-state index contributed by atoms with van der Waals surface area (Å²) in [6.45, 7) is 8.46. The molecule has 1 aliphatic rings. The van der Waals surface area contributed by atoms with Crippen molar-refractivity contribution in [2.45, 2.75) is 25.5 Å². The van der Waals surface area contributed by atoms with Gasteiger partial charge < -0.3 is 5.11 Å². The van der Waals surface area contributed by atoms with Gasteiger partial charge in [-0.2, -0.15) is 0 Å². The van der Waals surface area contributed by atoms with E-state index in [0.717, 1.165) is 26.2 Å². The van der Waals surface area contributed by atoms with Crippen LogP contribution in [0.4, 0.5) is 0 Å². The molecule has 0 aromatic rings. The lowest BCUT2D eigenvalue weighted by Crippen LogP contribution is -2.58. The number of hydrogen-bond acceptors (Lipinski definition) is 3. The molecule has 1 saturated heterocycles. The summed E-state index contributed by atoms with van der Waals surface area (Å²) in [4.78, 5) is 4.72.